The Kier molecular flexibility index (Phi) is 6.46. The van der Waals surface area contributed by atoms with Crippen LogP contribution in [0.25, 0.3) is 11.3 Å². The zero-order chi connectivity index (χ0) is 23.4. The quantitative estimate of drug-likeness (QED) is 0.339. The van der Waals surface area contributed by atoms with Crippen molar-refractivity contribution in [3.05, 3.63) is 82.6 Å². The van der Waals surface area contributed by atoms with Crippen LogP contribution in [0.2, 0.25) is 0 Å². The summed E-state index contributed by atoms with van der Waals surface area (Å²) in [7, 11) is 0. The number of carbonyl (C=O) groups is 1. The number of nitrogens with zero attached hydrogens (tertiary/aromatic N) is 2. The van der Waals surface area contributed by atoms with Gasteiger partial charge in [0.1, 0.15) is 23.7 Å². The van der Waals surface area contributed by atoms with E-state index in [9.17, 15) is 9.90 Å². The van der Waals surface area contributed by atoms with Gasteiger partial charge in [-0.3, -0.25) is 0 Å². The molecule has 2 aromatic carbocycles. The molecule has 2 aromatic heterocycles. The third-order valence-electron chi connectivity index (χ3n) is 5.47. The molecule has 0 fully saturated rings. The molecule has 4 rings (SSSR count). The van der Waals surface area contributed by atoms with Crippen LogP contribution in [0.3, 0.4) is 0 Å². The number of nitrogens with one attached hydrogen (secondary N) is 1. The second-order valence-electron chi connectivity index (χ2n) is 8.08. The van der Waals surface area contributed by atoms with Gasteiger partial charge < -0.3 is 19.7 Å². The zero-order valence-electron chi connectivity index (χ0n) is 18.7. The van der Waals surface area contributed by atoms with Gasteiger partial charge in [-0.2, -0.15) is 0 Å². The van der Waals surface area contributed by atoms with Crippen molar-refractivity contribution in [1.29, 1.82) is 0 Å². The molecule has 0 bridgehead atoms. The SMILES string of the molecule is Cc1noc(C)c1COc1ccc(C[C@](C)(Nc2nc(-c3ccccc3)cs2)C(=O)O)cc1. The Labute approximate surface area is 196 Å². The number of benzene rings is 2. The lowest BCUT2D eigenvalue weighted by atomic mass is 9.93. The first kappa shape index (κ1) is 22.5. The second-order valence-corrected chi connectivity index (χ2v) is 8.94. The highest BCUT2D eigenvalue weighted by molar-refractivity contribution is 7.14. The molecule has 1 atom stereocenters. The third kappa shape index (κ3) is 5.23. The molecule has 0 aliphatic heterocycles. The molecule has 0 amide bonds. The van der Waals surface area contributed by atoms with E-state index in [4.69, 9.17) is 9.26 Å². The smallest absolute Gasteiger partial charge is 0.329 e. The van der Waals surface area contributed by atoms with E-state index in [2.05, 4.69) is 15.5 Å². The number of thiazole rings is 1. The molecule has 170 valence electrons. The fraction of sp³-hybridized carbons (Fsp3) is 0.240. The van der Waals surface area contributed by atoms with Gasteiger partial charge >= 0.3 is 5.97 Å². The lowest BCUT2D eigenvalue weighted by Gasteiger charge is -2.26. The van der Waals surface area contributed by atoms with Crippen molar-refractivity contribution in [2.24, 2.45) is 0 Å². The van der Waals surface area contributed by atoms with Gasteiger partial charge in [-0.1, -0.05) is 47.6 Å². The maximum Gasteiger partial charge on any atom is 0.329 e. The first-order valence-electron chi connectivity index (χ1n) is 10.5. The van der Waals surface area contributed by atoms with Crippen molar-refractivity contribution >= 4 is 22.4 Å². The molecule has 2 heterocycles. The Hall–Kier alpha value is -3.65. The van der Waals surface area contributed by atoms with Crippen molar-refractivity contribution in [2.45, 2.75) is 39.3 Å². The van der Waals surface area contributed by atoms with Crippen LogP contribution in [0.15, 0.2) is 64.5 Å². The molecule has 0 radical (unpaired) electrons. The van der Waals surface area contributed by atoms with Crippen molar-refractivity contribution in [2.75, 3.05) is 5.32 Å². The number of aliphatic carboxylic acids is 1. The van der Waals surface area contributed by atoms with Gasteiger partial charge in [-0.05, 0) is 38.5 Å². The molecule has 2 N–H and O–H groups in total. The first-order chi connectivity index (χ1) is 15.8. The van der Waals surface area contributed by atoms with E-state index in [0.717, 1.165) is 33.8 Å². The Morgan fingerprint density at radius 3 is 2.52 bits per heavy atom. The monoisotopic (exact) mass is 463 g/mol. The molecule has 8 heteroatoms. The molecule has 0 saturated carbocycles. The maximum absolute atomic E-state index is 12.1. The fourth-order valence-corrected chi connectivity index (χ4v) is 4.30. The minimum atomic E-state index is -1.22. The molecule has 0 saturated heterocycles. The van der Waals surface area contributed by atoms with Gasteiger partial charge in [-0.25, -0.2) is 9.78 Å². The van der Waals surface area contributed by atoms with Crippen LogP contribution in [-0.4, -0.2) is 26.8 Å². The summed E-state index contributed by atoms with van der Waals surface area (Å²) in [6.45, 7) is 5.76. The molecule has 0 unspecified atom stereocenters. The van der Waals surface area contributed by atoms with Crippen LogP contribution in [0.4, 0.5) is 5.13 Å². The summed E-state index contributed by atoms with van der Waals surface area (Å²) in [5, 5.41) is 19.5. The summed E-state index contributed by atoms with van der Waals surface area (Å²) in [6.07, 6.45) is 0.284. The van der Waals surface area contributed by atoms with E-state index in [1.54, 1.807) is 6.92 Å². The molecular weight excluding hydrogens is 438 g/mol. The number of hydrogen-bond acceptors (Lipinski definition) is 7. The summed E-state index contributed by atoms with van der Waals surface area (Å²) >= 11 is 1.39. The average molecular weight is 464 g/mol. The largest absolute Gasteiger partial charge is 0.489 e. The number of ether oxygens (including phenoxy) is 1. The van der Waals surface area contributed by atoms with Gasteiger partial charge in [0.05, 0.1) is 17.0 Å². The standard InChI is InChI=1S/C25H25N3O4S/c1-16-21(17(2)32-28-16)14-31-20-11-9-18(10-12-20)13-25(3,23(29)30)27-24-26-22(15-33-24)19-7-5-4-6-8-19/h4-12,15H,13-14H2,1-3H3,(H,26,27)(H,29,30)/t25-/m0/s1. The molecule has 0 spiro atoms. The fourth-order valence-electron chi connectivity index (χ4n) is 3.46. The van der Waals surface area contributed by atoms with Gasteiger partial charge in [0.25, 0.3) is 0 Å². The summed E-state index contributed by atoms with van der Waals surface area (Å²) in [5.41, 5.74) is 3.20. The minimum Gasteiger partial charge on any atom is -0.489 e. The predicted molar refractivity (Wildman–Crippen MR) is 128 cm³/mol. The highest BCUT2D eigenvalue weighted by Crippen LogP contribution is 2.28. The number of anilines is 1. The molecule has 0 aliphatic carbocycles. The van der Waals surface area contributed by atoms with Crippen molar-refractivity contribution in [3.63, 3.8) is 0 Å². The number of carboxylic acid groups (broad SMARTS) is 1. The normalized spacial score (nSPS) is 12.8. The Morgan fingerprint density at radius 2 is 1.88 bits per heavy atom. The average Bonchev–Trinajstić information content (AvgIpc) is 3.40. The van der Waals surface area contributed by atoms with Gasteiger partial charge in [0.15, 0.2) is 5.13 Å². The molecule has 4 aromatic rings. The van der Waals surface area contributed by atoms with Crippen LogP contribution in [0, 0.1) is 13.8 Å². The lowest BCUT2D eigenvalue weighted by Crippen LogP contribution is -2.45. The van der Waals surface area contributed by atoms with Crippen LogP contribution >= 0.6 is 11.3 Å². The minimum absolute atomic E-state index is 0.284. The molecular formula is C25H25N3O4S. The first-order valence-corrected chi connectivity index (χ1v) is 11.4. The van der Waals surface area contributed by atoms with Crippen molar-refractivity contribution < 1.29 is 19.2 Å². The van der Waals surface area contributed by atoms with E-state index < -0.39 is 11.5 Å². The molecule has 7 nitrogen and oxygen atoms in total. The Bertz CT molecular complexity index is 1210. The summed E-state index contributed by atoms with van der Waals surface area (Å²) in [5.74, 6) is 0.485. The predicted octanol–water partition coefficient (Wildman–Crippen LogP) is 5.49. The van der Waals surface area contributed by atoms with E-state index in [0.29, 0.717) is 17.5 Å². The van der Waals surface area contributed by atoms with Crippen LogP contribution < -0.4 is 10.1 Å². The number of hydrogen-bond donors (Lipinski definition) is 2. The summed E-state index contributed by atoms with van der Waals surface area (Å²) in [4.78, 5) is 16.7. The third-order valence-corrected chi connectivity index (χ3v) is 6.23. The highest BCUT2D eigenvalue weighted by Gasteiger charge is 2.34. The van der Waals surface area contributed by atoms with Crippen LogP contribution in [0.5, 0.6) is 5.75 Å². The van der Waals surface area contributed by atoms with Crippen LogP contribution in [-0.2, 0) is 17.8 Å². The van der Waals surface area contributed by atoms with E-state index >= 15 is 0 Å². The molecule has 33 heavy (non-hydrogen) atoms. The van der Waals surface area contributed by atoms with Crippen molar-refractivity contribution in [3.8, 4) is 17.0 Å². The number of carboxylic acids is 1. The van der Waals surface area contributed by atoms with Crippen LogP contribution in [0.1, 0.15) is 29.5 Å². The molecule has 0 aliphatic rings. The summed E-state index contributed by atoms with van der Waals surface area (Å²) < 4.78 is 11.0. The van der Waals surface area contributed by atoms with Gasteiger partial charge in [0.2, 0.25) is 0 Å². The van der Waals surface area contributed by atoms with E-state index in [1.165, 1.54) is 11.3 Å². The Balaban J connectivity index is 1.43. The summed E-state index contributed by atoms with van der Waals surface area (Å²) in [6, 6.07) is 17.2. The van der Waals surface area contributed by atoms with Gasteiger partial charge in [-0.15, -0.1) is 11.3 Å². The van der Waals surface area contributed by atoms with Gasteiger partial charge in [0, 0.05) is 17.4 Å². The highest BCUT2D eigenvalue weighted by atomic mass is 32.1. The topological polar surface area (TPSA) is 97.5 Å². The van der Waals surface area contributed by atoms with E-state index in [1.807, 2.05) is 73.8 Å². The van der Waals surface area contributed by atoms with E-state index in [-0.39, 0.29) is 6.42 Å². The zero-order valence-corrected chi connectivity index (χ0v) is 19.5. The van der Waals surface area contributed by atoms with Crippen molar-refractivity contribution in [1.82, 2.24) is 10.1 Å². The second kappa shape index (κ2) is 9.46. The number of aryl methyl sites for hydroxylation is 2. The Morgan fingerprint density at radius 1 is 1.15 bits per heavy atom. The lowest BCUT2D eigenvalue weighted by molar-refractivity contribution is -0.141. The number of aromatic nitrogens is 2. The number of rotatable bonds is 9. The maximum atomic E-state index is 12.1.